The highest BCUT2D eigenvalue weighted by molar-refractivity contribution is 9.10. The van der Waals surface area contributed by atoms with Crippen molar-refractivity contribution in [2.24, 2.45) is 0 Å². The molecule has 176 valence electrons. The highest BCUT2D eigenvalue weighted by Crippen LogP contribution is 2.19. The molecule has 5 nitrogen and oxygen atoms in total. The molecular weight excluding hydrogens is 497 g/mol. The van der Waals surface area contributed by atoms with Crippen molar-refractivity contribution in [1.82, 2.24) is 14.9 Å². The maximum absolute atomic E-state index is 13.4. The Labute approximate surface area is 206 Å². The fraction of sp³-hybridized carbons (Fsp3) is 0.222. The van der Waals surface area contributed by atoms with Crippen LogP contribution >= 0.6 is 15.9 Å². The molecule has 3 aromatic rings. The van der Waals surface area contributed by atoms with Crippen molar-refractivity contribution in [2.75, 3.05) is 0 Å². The van der Waals surface area contributed by atoms with Crippen molar-refractivity contribution in [3.05, 3.63) is 110 Å². The van der Waals surface area contributed by atoms with Gasteiger partial charge in [-0.3, -0.25) is 14.2 Å². The van der Waals surface area contributed by atoms with E-state index in [9.17, 15) is 14.0 Å². The lowest BCUT2D eigenvalue weighted by atomic mass is 10.1. The minimum Gasteiger partial charge on any atom is -0.345 e. The summed E-state index contributed by atoms with van der Waals surface area (Å²) in [6.07, 6.45) is 12.4. The second-order valence-electron chi connectivity index (χ2n) is 7.82. The molecule has 1 amide bonds. The Bertz CT molecular complexity index is 1320. The van der Waals surface area contributed by atoms with Gasteiger partial charge in [0.1, 0.15) is 17.0 Å². The number of nitrogens with zero attached hydrogens (tertiary/aromatic N) is 2. The molecule has 0 saturated carbocycles. The average molecular weight is 524 g/mol. The Morgan fingerprint density at radius 1 is 1.24 bits per heavy atom. The molecule has 0 aliphatic heterocycles. The SMILES string of the molecule is C\C=C(/C=C\C=C\CC)Cn1c(=O)c(C(=O)NC(C)c2ccc(F)cc2)cc2cc(Br)cnc21. The van der Waals surface area contributed by atoms with Gasteiger partial charge in [0.2, 0.25) is 0 Å². The quantitative estimate of drug-likeness (QED) is 0.354. The number of fused-ring (bicyclic) bond motifs is 1. The van der Waals surface area contributed by atoms with Crippen molar-refractivity contribution in [3.63, 3.8) is 0 Å². The molecule has 1 N–H and O–H groups in total. The normalized spacial score (nSPS) is 13.1. The van der Waals surface area contributed by atoms with E-state index in [0.29, 0.717) is 11.0 Å². The summed E-state index contributed by atoms with van der Waals surface area (Å²) in [5.41, 5.74) is 1.73. The third-order valence-electron chi connectivity index (χ3n) is 5.36. The van der Waals surface area contributed by atoms with E-state index in [1.165, 1.54) is 16.7 Å². The molecule has 0 fully saturated rings. The summed E-state index contributed by atoms with van der Waals surface area (Å²) in [6.45, 7) is 6.02. The van der Waals surface area contributed by atoms with Gasteiger partial charge in [-0.2, -0.15) is 0 Å². The molecule has 1 atom stereocenters. The fourth-order valence-electron chi connectivity index (χ4n) is 3.47. The zero-order chi connectivity index (χ0) is 24.7. The molecule has 2 heterocycles. The summed E-state index contributed by atoms with van der Waals surface area (Å²) in [7, 11) is 0. The van der Waals surface area contributed by atoms with Crippen molar-refractivity contribution in [1.29, 1.82) is 0 Å². The second-order valence-corrected chi connectivity index (χ2v) is 8.74. The van der Waals surface area contributed by atoms with Crippen LogP contribution in [0, 0.1) is 5.82 Å². The first-order valence-corrected chi connectivity index (χ1v) is 11.9. The highest BCUT2D eigenvalue weighted by Gasteiger charge is 2.19. The topological polar surface area (TPSA) is 64.0 Å². The van der Waals surface area contributed by atoms with Crippen LogP contribution in [0.3, 0.4) is 0 Å². The second kappa shape index (κ2) is 11.7. The maximum atomic E-state index is 13.4. The first kappa shape index (κ1) is 25.3. The first-order chi connectivity index (χ1) is 16.3. The van der Waals surface area contributed by atoms with Gasteiger partial charge in [0.15, 0.2) is 0 Å². The van der Waals surface area contributed by atoms with Gasteiger partial charge in [0.25, 0.3) is 11.5 Å². The molecule has 1 aromatic carbocycles. The maximum Gasteiger partial charge on any atom is 0.265 e. The molecular formula is C27H27BrFN3O2. The molecule has 0 radical (unpaired) electrons. The van der Waals surface area contributed by atoms with E-state index in [2.05, 4.69) is 33.2 Å². The molecule has 2 aromatic heterocycles. The summed E-state index contributed by atoms with van der Waals surface area (Å²) in [5, 5.41) is 3.52. The van der Waals surface area contributed by atoms with Crippen LogP contribution in [0.2, 0.25) is 0 Å². The van der Waals surface area contributed by atoms with Gasteiger partial charge < -0.3 is 5.32 Å². The van der Waals surface area contributed by atoms with E-state index in [-0.39, 0.29) is 17.9 Å². The Hall–Kier alpha value is -3.32. The van der Waals surface area contributed by atoms with Crippen LogP contribution in [0.5, 0.6) is 0 Å². The standard InChI is InChI=1S/C27H27BrFN3O2/c1-4-6-7-8-9-19(5-2)17-32-25-21(14-22(28)16-30-25)15-24(27(32)34)26(33)31-18(3)20-10-12-23(29)13-11-20/h5-16,18H,4,17H2,1-3H3,(H,31,33)/b7-6+,9-8-,19-5+. The first-order valence-electron chi connectivity index (χ1n) is 11.1. The van der Waals surface area contributed by atoms with E-state index < -0.39 is 17.5 Å². The number of aromatic nitrogens is 2. The monoisotopic (exact) mass is 523 g/mol. The predicted octanol–water partition coefficient (Wildman–Crippen LogP) is 6.26. The molecule has 0 spiro atoms. The summed E-state index contributed by atoms with van der Waals surface area (Å²) in [4.78, 5) is 31.0. The summed E-state index contributed by atoms with van der Waals surface area (Å²) in [5.74, 6) is -0.849. The van der Waals surface area contributed by atoms with Crippen LogP contribution in [0.4, 0.5) is 4.39 Å². The molecule has 0 aliphatic carbocycles. The average Bonchev–Trinajstić information content (AvgIpc) is 2.82. The number of carbonyl (C=O) groups is 1. The number of benzene rings is 1. The smallest absolute Gasteiger partial charge is 0.265 e. The number of allylic oxidation sites excluding steroid dienone is 6. The van der Waals surface area contributed by atoms with Crippen molar-refractivity contribution >= 4 is 32.9 Å². The van der Waals surface area contributed by atoms with Crippen LogP contribution < -0.4 is 10.9 Å². The Morgan fingerprint density at radius 3 is 2.65 bits per heavy atom. The highest BCUT2D eigenvalue weighted by atomic mass is 79.9. The lowest BCUT2D eigenvalue weighted by molar-refractivity contribution is 0.0938. The van der Waals surface area contributed by atoms with Crippen molar-refractivity contribution in [2.45, 2.75) is 39.8 Å². The van der Waals surface area contributed by atoms with Gasteiger partial charge in [-0.05, 0) is 71.6 Å². The van der Waals surface area contributed by atoms with Crippen molar-refractivity contribution < 1.29 is 9.18 Å². The molecule has 0 bridgehead atoms. The van der Waals surface area contributed by atoms with Gasteiger partial charge in [-0.15, -0.1) is 0 Å². The van der Waals surface area contributed by atoms with E-state index in [0.717, 1.165) is 22.0 Å². The van der Waals surface area contributed by atoms with Crippen LogP contribution in [0.1, 0.15) is 49.2 Å². The van der Waals surface area contributed by atoms with Gasteiger partial charge in [-0.1, -0.05) is 49.4 Å². The van der Waals surface area contributed by atoms with Gasteiger partial charge in [0, 0.05) is 16.1 Å². The van der Waals surface area contributed by atoms with Crippen LogP contribution in [-0.2, 0) is 6.54 Å². The molecule has 1 unspecified atom stereocenters. The predicted molar refractivity (Wildman–Crippen MR) is 138 cm³/mol. The third kappa shape index (κ3) is 6.17. The van der Waals surface area contributed by atoms with E-state index in [1.54, 1.807) is 31.3 Å². The lowest BCUT2D eigenvalue weighted by Gasteiger charge is -2.16. The number of nitrogens with one attached hydrogen (secondary N) is 1. The number of amides is 1. The van der Waals surface area contributed by atoms with Crippen LogP contribution in [0.25, 0.3) is 11.0 Å². The van der Waals surface area contributed by atoms with E-state index in [4.69, 9.17) is 0 Å². The van der Waals surface area contributed by atoms with Crippen molar-refractivity contribution in [3.8, 4) is 0 Å². The Morgan fingerprint density at radius 2 is 1.97 bits per heavy atom. The number of rotatable bonds is 8. The number of carbonyl (C=O) groups excluding carboxylic acids is 1. The number of pyridine rings is 2. The number of hydrogen-bond donors (Lipinski definition) is 1. The fourth-order valence-corrected chi connectivity index (χ4v) is 3.82. The van der Waals surface area contributed by atoms with Gasteiger partial charge >= 0.3 is 0 Å². The third-order valence-corrected chi connectivity index (χ3v) is 5.79. The molecule has 7 heteroatoms. The summed E-state index contributed by atoms with van der Waals surface area (Å²) < 4.78 is 15.5. The van der Waals surface area contributed by atoms with Gasteiger partial charge in [0.05, 0.1) is 12.6 Å². The zero-order valence-corrected chi connectivity index (χ0v) is 21.0. The molecule has 0 aliphatic rings. The molecule has 3 rings (SSSR count). The minimum absolute atomic E-state index is 0.0201. The number of hydrogen-bond acceptors (Lipinski definition) is 3. The van der Waals surface area contributed by atoms with Crippen LogP contribution in [0.15, 0.2) is 87.8 Å². The number of halogens is 2. The Balaban J connectivity index is 2.00. The zero-order valence-electron chi connectivity index (χ0n) is 19.4. The largest absolute Gasteiger partial charge is 0.345 e. The van der Waals surface area contributed by atoms with Crippen LogP contribution in [-0.4, -0.2) is 15.5 Å². The van der Waals surface area contributed by atoms with Gasteiger partial charge in [-0.25, -0.2) is 9.37 Å². The minimum atomic E-state index is -0.499. The Kier molecular flexibility index (Phi) is 8.71. The molecule has 34 heavy (non-hydrogen) atoms. The van der Waals surface area contributed by atoms with E-state index >= 15 is 0 Å². The lowest BCUT2D eigenvalue weighted by Crippen LogP contribution is -2.35. The summed E-state index contributed by atoms with van der Waals surface area (Å²) in [6, 6.07) is 8.88. The summed E-state index contributed by atoms with van der Waals surface area (Å²) >= 11 is 3.42. The van der Waals surface area contributed by atoms with E-state index in [1.807, 2.05) is 43.4 Å². The molecule has 0 saturated heterocycles.